The highest BCUT2D eigenvalue weighted by Gasteiger charge is 2.22. The van der Waals surface area contributed by atoms with Crippen molar-refractivity contribution in [2.45, 2.75) is 39.7 Å². The summed E-state index contributed by atoms with van der Waals surface area (Å²) in [5.41, 5.74) is 0. The summed E-state index contributed by atoms with van der Waals surface area (Å²) in [5, 5.41) is 3.28. The van der Waals surface area contributed by atoms with Crippen LogP contribution in [0.5, 0.6) is 0 Å². The van der Waals surface area contributed by atoms with Crippen LogP contribution in [-0.2, 0) is 0 Å². The Hall–Kier alpha value is -1.36. The SMILES string of the molecule is CCNc1cc(N(C)C2CCN(CC)CC2)nc(C)n1. The van der Waals surface area contributed by atoms with Crippen LogP contribution in [0.4, 0.5) is 11.6 Å². The number of piperidine rings is 1. The van der Waals surface area contributed by atoms with Gasteiger partial charge in [-0.15, -0.1) is 0 Å². The molecule has 0 aliphatic carbocycles. The van der Waals surface area contributed by atoms with Gasteiger partial charge in [0.2, 0.25) is 0 Å². The molecule has 0 unspecified atom stereocenters. The van der Waals surface area contributed by atoms with E-state index < -0.39 is 0 Å². The molecule has 1 saturated heterocycles. The van der Waals surface area contributed by atoms with Gasteiger partial charge in [-0.2, -0.15) is 0 Å². The average molecular weight is 277 g/mol. The topological polar surface area (TPSA) is 44.3 Å². The summed E-state index contributed by atoms with van der Waals surface area (Å²) in [5.74, 6) is 2.78. The van der Waals surface area contributed by atoms with Crippen LogP contribution in [0, 0.1) is 6.92 Å². The zero-order valence-electron chi connectivity index (χ0n) is 13.2. The van der Waals surface area contributed by atoms with Crippen molar-refractivity contribution in [1.29, 1.82) is 0 Å². The minimum Gasteiger partial charge on any atom is -0.370 e. The largest absolute Gasteiger partial charge is 0.370 e. The number of anilines is 2. The molecule has 0 aromatic carbocycles. The summed E-state index contributed by atoms with van der Waals surface area (Å²) in [6.07, 6.45) is 2.42. The summed E-state index contributed by atoms with van der Waals surface area (Å²) >= 11 is 0. The highest BCUT2D eigenvalue weighted by molar-refractivity contribution is 5.49. The fourth-order valence-electron chi connectivity index (χ4n) is 2.81. The Bertz CT molecular complexity index is 426. The van der Waals surface area contributed by atoms with E-state index in [0.717, 1.165) is 30.5 Å². The van der Waals surface area contributed by atoms with Crippen LogP contribution >= 0.6 is 0 Å². The predicted molar refractivity (Wildman–Crippen MR) is 84.5 cm³/mol. The Morgan fingerprint density at radius 3 is 2.60 bits per heavy atom. The molecular weight excluding hydrogens is 250 g/mol. The van der Waals surface area contributed by atoms with E-state index in [1.54, 1.807) is 0 Å². The molecule has 2 rings (SSSR count). The van der Waals surface area contributed by atoms with Crippen molar-refractivity contribution in [2.75, 3.05) is 43.4 Å². The van der Waals surface area contributed by atoms with Crippen molar-refractivity contribution in [1.82, 2.24) is 14.9 Å². The van der Waals surface area contributed by atoms with Crippen molar-refractivity contribution in [3.8, 4) is 0 Å². The summed E-state index contributed by atoms with van der Waals surface area (Å²) in [4.78, 5) is 13.8. The van der Waals surface area contributed by atoms with Gasteiger partial charge in [0.05, 0.1) is 0 Å². The molecule has 0 radical (unpaired) electrons. The van der Waals surface area contributed by atoms with Crippen LogP contribution in [0.3, 0.4) is 0 Å². The van der Waals surface area contributed by atoms with Gasteiger partial charge in [0.1, 0.15) is 17.5 Å². The first-order chi connectivity index (χ1) is 9.63. The van der Waals surface area contributed by atoms with E-state index in [-0.39, 0.29) is 0 Å². The van der Waals surface area contributed by atoms with Crippen LogP contribution in [-0.4, -0.2) is 54.1 Å². The minimum atomic E-state index is 0.585. The van der Waals surface area contributed by atoms with E-state index in [1.807, 2.05) is 6.92 Å². The van der Waals surface area contributed by atoms with Crippen LogP contribution in [0.1, 0.15) is 32.5 Å². The van der Waals surface area contributed by atoms with Gasteiger partial charge in [-0.25, -0.2) is 9.97 Å². The van der Waals surface area contributed by atoms with E-state index in [2.05, 4.69) is 52.0 Å². The minimum absolute atomic E-state index is 0.585. The molecule has 1 aromatic heterocycles. The third kappa shape index (κ3) is 3.60. The van der Waals surface area contributed by atoms with Gasteiger partial charge in [0, 0.05) is 38.8 Å². The highest BCUT2D eigenvalue weighted by atomic mass is 15.2. The maximum atomic E-state index is 4.59. The lowest BCUT2D eigenvalue weighted by molar-refractivity contribution is 0.220. The fraction of sp³-hybridized carbons (Fsp3) is 0.733. The van der Waals surface area contributed by atoms with E-state index in [9.17, 15) is 0 Å². The zero-order valence-corrected chi connectivity index (χ0v) is 13.2. The number of aromatic nitrogens is 2. The van der Waals surface area contributed by atoms with Crippen LogP contribution in [0.25, 0.3) is 0 Å². The Morgan fingerprint density at radius 2 is 2.00 bits per heavy atom. The van der Waals surface area contributed by atoms with E-state index in [4.69, 9.17) is 0 Å². The maximum absolute atomic E-state index is 4.59. The number of nitrogens with one attached hydrogen (secondary N) is 1. The van der Waals surface area contributed by atoms with Crippen molar-refractivity contribution in [3.63, 3.8) is 0 Å². The number of hydrogen-bond acceptors (Lipinski definition) is 5. The number of nitrogens with zero attached hydrogens (tertiary/aromatic N) is 4. The Kier molecular flexibility index (Phi) is 5.17. The Morgan fingerprint density at radius 1 is 1.30 bits per heavy atom. The van der Waals surface area contributed by atoms with E-state index in [1.165, 1.54) is 25.9 Å². The molecule has 0 atom stereocenters. The number of likely N-dealkylation sites (tertiary alicyclic amines) is 1. The first-order valence-corrected chi connectivity index (χ1v) is 7.68. The standard InChI is InChI=1S/C15H27N5/c1-5-16-14-11-15(18-12(3)17-14)19(4)13-7-9-20(6-2)10-8-13/h11,13H,5-10H2,1-4H3,(H,16,17,18). The molecule has 1 aliphatic rings. The third-order valence-corrected chi connectivity index (χ3v) is 4.10. The lowest BCUT2D eigenvalue weighted by atomic mass is 10.0. The molecule has 1 aromatic rings. The van der Waals surface area contributed by atoms with E-state index >= 15 is 0 Å². The first-order valence-electron chi connectivity index (χ1n) is 7.68. The Labute approximate surface area is 122 Å². The fourth-order valence-corrected chi connectivity index (χ4v) is 2.81. The van der Waals surface area contributed by atoms with Crippen molar-refractivity contribution < 1.29 is 0 Å². The molecule has 0 amide bonds. The lowest BCUT2D eigenvalue weighted by Gasteiger charge is -2.37. The smallest absolute Gasteiger partial charge is 0.134 e. The number of rotatable bonds is 5. The molecule has 0 saturated carbocycles. The second kappa shape index (κ2) is 6.88. The first kappa shape index (κ1) is 15.0. The second-order valence-electron chi connectivity index (χ2n) is 5.47. The van der Waals surface area contributed by atoms with E-state index in [0.29, 0.717) is 6.04 Å². The summed E-state index contributed by atoms with van der Waals surface area (Å²) in [7, 11) is 2.16. The molecular formula is C15H27N5. The lowest BCUT2D eigenvalue weighted by Crippen LogP contribution is -2.43. The van der Waals surface area contributed by atoms with Crippen LogP contribution < -0.4 is 10.2 Å². The van der Waals surface area contributed by atoms with Gasteiger partial charge in [0.25, 0.3) is 0 Å². The molecule has 1 N–H and O–H groups in total. The molecule has 5 nitrogen and oxygen atoms in total. The molecule has 1 fully saturated rings. The monoisotopic (exact) mass is 277 g/mol. The van der Waals surface area contributed by atoms with Crippen molar-refractivity contribution >= 4 is 11.6 Å². The molecule has 0 spiro atoms. The summed E-state index contributed by atoms with van der Waals surface area (Å²) in [6.45, 7) is 10.7. The average Bonchev–Trinajstić information content (AvgIpc) is 2.46. The van der Waals surface area contributed by atoms with Crippen LogP contribution in [0.15, 0.2) is 6.07 Å². The maximum Gasteiger partial charge on any atom is 0.134 e. The molecule has 0 bridgehead atoms. The number of aryl methyl sites for hydroxylation is 1. The van der Waals surface area contributed by atoms with Gasteiger partial charge in [-0.3, -0.25) is 0 Å². The predicted octanol–water partition coefficient (Wildman–Crippen LogP) is 2.14. The normalized spacial score (nSPS) is 17.2. The molecule has 2 heterocycles. The van der Waals surface area contributed by atoms with Crippen molar-refractivity contribution in [3.05, 3.63) is 11.9 Å². The summed E-state index contributed by atoms with van der Waals surface area (Å²) in [6, 6.07) is 2.64. The molecule has 20 heavy (non-hydrogen) atoms. The van der Waals surface area contributed by atoms with Gasteiger partial charge in [0.15, 0.2) is 0 Å². The zero-order chi connectivity index (χ0) is 14.5. The van der Waals surface area contributed by atoms with Gasteiger partial charge in [-0.05, 0) is 33.2 Å². The highest BCUT2D eigenvalue weighted by Crippen LogP contribution is 2.22. The number of hydrogen-bond donors (Lipinski definition) is 1. The molecule has 1 aliphatic heterocycles. The summed E-state index contributed by atoms with van der Waals surface area (Å²) < 4.78 is 0. The quantitative estimate of drug-likeness (QED) is 0.893. The van der Waals surface area contributed by atoms with Gasteiger partial charge < -0.3 is 15.1 Å². The van der Waals surface area contributed by atoms with Crippen LogP contribution in [0.2, 0.25) is 0 Å². The van der Waals surface area contributed by atoms with Gasteiger partial charge in [-0.1, -0.05) is 6.92 Å². The van der Waals surface area contributed by atoms with Crippen molar-refractivity contribution in [2.24, 2.45) is 0 Å². The molecule has 112 valence electrons. The van der Waals surface area contributed by atoms with Gasteiger partial charge >= 0.3 is 0 Å². The molecule has 5 heteroatoms. The second-order valence-corrected chi connectivity index (χ2v) is 5.47. The third-order valence-electron chi connectivity index (χ3n) is 4.10. The Balaban J connectivity index is 2.07.